The third-order valence-corrected chi connectivity index (χ3v) is 6.70. The standard InChI is InChI=1S/C16H22N2O2S/c1-3-13-10-18(9-11(2)21(13)20)16(19)15-7-14(15)12-5-4-6-17-8-12/h4-6,8,11,13-15H,3,7,9-10H2,1-2H3/t11?,13?,14-,15+,21?/m0/s1. The summed E-state index contributed by atoms with van der Waals surface area (Å²) in [6.45, 7) is 5.34. The molecule has 2 heterocycles. The molecule has 4 nitrogen and oxygen atoms in total. The lowest BCUT2D eigenvalue weighted by Gasteiger charge is -2.35. The number of pyridine rings is 1. The molecule has 1 aliphatic carbocycles. The fraction of sp³-hybridized carbons (Fsp3) is 0.625. The largest absolute Gasteiger partial charge is 0.340 e. The summed E-state index contributed by atoms with van der Waals surface area (Å²) in [7, 11) is -0.801. The Labute approximate surface area is 128 Å². The van der Waals surface area contributed by atoms with Crippen LogP contribution in [0.2, 0.25) is 0 Å². The third kappa shape index (κ3) is 2.89. The highest BCUT2D eigenvalue weighted by Crippen LogP contribution is 2.48. The van der Waals surface area contributed by atoms with E-state index >= 15 is 0 Å². The van der Waals surface area contributed by atoms with E-state index in [1.165, 1.54) is 0 Å². The summed E-state index contributed by atoms with van der Waals surface area (Å²) >= 11 is 0. The van der Waals surface area contributed by atoms with E-state index in [1.807, 2.05) is 30.2 Å². The maximum atomic E-state index is 12.7. The molecule has 2 aliphatic rings. The molecule has 5 heteroatoms. The van der Waals surface area contributed by atoms with Gasteiger partial charge in [0.2, 0.25) is 5.91 Å². The minimum absolute atomic E-state index is 0.0863. The van der Waals surface area contributed by atoms with Gasteiger partial charge in [-0.3, -0.25) is 14.0 Å². The van der Waals surface area contributed by atoms with Gasteiger partial charge in [0.1, 0.15) is 0 Å². The van der Waals surface area contributed by atoms with E-state index in [-0.39, 0.29) is 22.3 Å². The maximum Gasteiger partial charge on any atom is 0.226 e. The Hall–Kier alpha value is -1.23. The molecule has 1 amide bonds. The number of nitrogens with zero attached hydrogens (tertiary/aromatic N) is 2. The molecule has 0 aromatic carbocycles. The van der Waals surface area contributed by atoms with Crippen molar-refractivity contribution >= 4 is 16.7 Å². The molecular weight excluding hydrogens is 284 g/mol. The van der Waals surface area contributed by atoms with Crippen LogP contribution in [0.25, 0.3) is 0 Å². The number of carbonyl (C=O) groups excluding carboxylic acids is 1. The van der Waals surface area contributed by atoms with Crippen molar-refractivity contribution in [3.63, 3.8) is 0 Å². The smallest absolute Gasteiger partial charge is 0.226 e. The zero-order valence-electron chi connectivity index (χ0n) is 12.6. The van der Waals surface area contributed by atoms with E-state index in [0.717, 1.165) is 18.4 Å². The van der Waals surface area contributed by atoms with Crippen molar-refractivity contribution in [1.29, 1.82) is 0 Å². The van der Waals surface area contributed by atoms with Gasteiger partial charge in [-0.15, -0.1) is 0 Å². The predicted octanol–water partition coefficient (Wildman–Crippen LogP) is 1.94. The van der Waals surface area contributed by atoms with Gasteiger partial charge in [0, 0.05) is 47.5 Å². The lowest BCUT2D eigenvalue weighted by molar-refractivity contribution is -0.132. The van der Waals surface area contributed by atoms with Crippen molar-refractivity contribution in [2.45, 2.75) is 43.1 Å². The SMILES string of the molecule is CCC1CN(C(=O)[C@@H]2C[C@H]2c2cccnc2)CC(C)S1=O. The zero-order chi connectivity index (χ0) is 15.0. The Kier molecular flexibility index (Phi) is 4.11. The molecule has 1 aliphatic heterocycles. The van der Waals surface area contributed by atoms with Crippen LogP contribution in [0.4, 0.5) is 0 Å². The molecule has 0 bridgehead atoms. The molecule has 2 fully saturated rings. The number of hydrogen-bond donors (Lipinski definition) is 0. The maximum absolute atomic E-state index is 12.7. The van der Waals surface area contributed by atoms with E-state index in [0.29, 0.717) is 19.0 Å². The van der Waals surface area contributed by atoms with Gasteiger partial charge in [0.05, 0.1) is 5.25 Å². The van der Waals surface area contributed by atoms with Crippen molar-refractivity contribution in [2.24, 2.45) is 5.92 Å². The van der Waals surface area contributed by atoms with Crippen LogP contribution in [0.5, 0.6) is 0 Å². The Morgan fingerprint density at radius 3 is 2.95 bits per heavy atom. The molecule has 1 saturated heterocycles. The summed E-state index contributed by atoms with van der Waals surface area (Å²) in [6.07, 6.45) is 5.42. The first-order valence-electron chi connectivity index (χ1n) is 7.70. The molecule has 21 heavy (non-hydrogen) atoms. The average molecular weight is 306 g/mol. The van der Waals surface area contributed by atoms with Crippen LogP contribution in [0.3, 0.4) is 0 Å². The van der Waals surface area contributed by atoms with Crippen LogP contribution in [0, 0.1) is 5.92 Å². The highest BCUT2D eigenvalue weighted by molar-refractivity contribution is 7.86. The summed E-state index contributed by atoms with van der Waals surface area (Å²) in [5.74, 6) is 0.672. The summed E-state index contributed by atoms with van der Waals surface area (Å²) in [4.78, 5) is 18.7. The number of rotatable bonds is 3. The Balaban J connectivity index is 1.66. The van der Waals surface area contributed by atoms with Gasteiger partial charge in [-0.2, -0.15) is 0 Å². The van der Waals surface area contributed by atoms with E-state index in [9.17, 15) is 9.00 Å². The average Bonchev–Trinajstić information content (AvgIpc) is 3.30. The summed E-state index contributed by atoms with van der Waals surface area (Å²) in [5.41, 5.74) is 1.16. The normalized spacial score (nSPS) is 35.5. The number of aromatic nitrogens is 1. The van der Waals surface area contributed by atoms with Gasteiger partial charge >= 0.3 is 0 Å². The van der Waals surface area contributed by atoms with Crippen molar-refractivity contribution in [2.75, 3.05) is 13.1 Å². The number of carbonyl (C=O) groups is 1. The van der Waals surface area contributed by atoms with Crippen LogP contribution < -0.4 is 0 Å². The van der Waals surface area contributed by atoms with Crippen LogP contribution in [0.1, 0.15) is 38.2 Å². The van der Waals surface area contributed by atoms with Crippen molar-refractivity contribution in [3.05, 3.63) is 30.1 Å². The van der Waals surface area contributed by atoms with Crippen LogP contribution in [-0.4, -0.2) is 43.6 Å². The monoisotopic (exact) mass is 306 g/mol. The second-order valence-corrected chi connectivity index (χ2v) is 8.28. The van der Waals surface area contributed by atoms with E-state index in [1.54, 1.807) is 6.20 Å². The first kappa shape index (κ1) is 14.7. The van der Waals surface area contributed by atoms with Crippen molar-refractivity contribution in [3.8, 4) is 0 Å². The summed E-state index contributed by atoms with van der Waals surface area (Å²) in [6, 6.07) is 3.97. The molecular formula is C16H22N2O2S. The Morgan fingerprint density at radius 2 is 2.29 bits per heavy atom. The van der Waals surface area contributed by atoms with Crippen LogP contribution >= 0.6 is 0 Å². The Morgan fingerprint density at radius 1 is 1.48 bits per heavy atom. The fourth-order valence-electron chi connectivity index (χ4n) is 3.25. The second kappa shape index (κ2) is 5.87. The molecule has 1 aromatic heterocycles. The van der Waals surface area contributed by atoms with Crippen LogP contribution in [-0.2, 0) is 15.6 Å². The minimum Gasteiger partial charge on any atom is -0.340 e. The molecule has 0 radical (unpaired) electrons. The number of amides is 1. The molecule has 1 saturated carbocycles. The fourth-order valence-corrected chi connectivity index (χ4v) is 4.88. The first-order valence-corrected chi connectivity index (χ1v) is 8.97. The Bertz CT molecular complexity index is 548. The van der Waals surface area contributed by atoms with Crippen molar-refractivity contribution in [1.82, 2.24) is 9.88 Å². The highest BCUT2D eigenvalue weighted by atomic mass is 32.2. The van der Waals surface area contributed by atoms with Gasteiger partial charge in [-0.25, -0.2) is 0 Å². The first-order chi connectivity index (χ1) is 10.1. The lowest BCUT2D eigenvalue weighted by atomic mass is 10.1. The molecule has 114 valence electrons. The van der Waals surface area contributed by atoms with Gasteiger partial charge in [-0.1, -0.05) is 13.0 Å². The van der Waals surface area contributed by atoms with Gasteiger partial charge in [0.25, 0.3) is 0 Å². The van der Waals surface area contributed by atoms with Gasteiger partial charge in [-0.05, 0) is 37.3 Å². The quantitative estimate of drug-likeness (QED) is 0.857. The highest BCUT2D eigenvalue weighted by Gasteiger charge is 2.47. The topological polar surface area (TPSA) is 50.3 Å². The molecule has 3 unspecified atom stereocenters. The lowest BCUT2D eigenvalue weighted by Crippen LogP contribution is -2.51. The second-order valence-electron chi connectivity index (χ2n) is 6.15. The summed E-state index contributed by atoms with van der Waals surface area (Å²) < 4.78 is 12.2. The molecule has 0 spiro atoms. The molecule has 5 atom stereocenters. The zero-order valence-corrected chi connectivity index (χ0v) is 13.4. The van der Waals surface area contributed by atoms with Crippen molar-refractivity contribution < 1.29 is 9.00 Å². The van der Waals surface area contributed by atoms with Gasteiger partial charge < -0.3 is 4.90 Å². The van der Waals surface area contributed by atoms with Gasteiger partial charge in [0.15, 0.2) is 0 Å². The molecule has 3 rings (SSSR count). The minimum atomic E-state index is -0.801. The molecule has 0 N–H and O–H groups in total. The van der Waals surface area contributed by atoms with E-state index in [2.05, 4.69) is 11.9 Å². The number of hydrogen-bond acceptors (Lipinski definition) is 3. The summed E-state index contributed by atoms with van der Waals surface area (Å²) in [5, 5.41) is 0.219. The van der Waals surface area contributed by atoms with E-state index < -0.39 is 10.8 Å². The molecule has 1 aromatic rings. The third-order valence-electron chi connectivity index (χ3n) is 4.61. The van der Waals surface area contributed by atoms with Crippen LogP contribution in [0.15, 0.2) is 24.5 Å². The predicted molar refractivity (Wildman–Crippen MR) is 83.3 cm³/mol. The van der Waals surface area contributed by atoms with E-state index in [4.69, 9.17) is 0 Å².